The highest BCUT2D eigenvalue weighted by Crippen LogP contribution is 2.21. The minimum absolute atomic E-state index is 0.241. The summed E-state index contributed by atoms with van der Waals surface area (Å²) < 4.78 is 0. The van der Waals surface area contributed by atoms with E-state index < -0.39 is 0 Å². The van der Waals surface area contributed by atoms with Gasteiger partial charge in [0.15, 0.2) is 0 Å². The molecular weight excluding hydrogens is 152 g/mol. The fraction of sp³-hybridized carbons (Fsp3) is 0.889. The van der Waals surface area contributed by atoms with Gasteiger partial charge in [-0.25, -0.2) is 0 Å². The number of rotatable bonds is 1. The molecule has 0 aromatic carbocycles. The highest BCUT2D eigenvalue weighted by atomic mass is 16.1. The van der Waals surface area contributed by atoms with Gasteiger partial charge in [0, 0.05) is 12.5 Å². The molecule has 2 rings (SSSR count). The third-order valence-corrected chi connectivity index (χ3v) is 2.93. The van der Waals surface area contributed by atoms with Crippen LogP contribution in [0.3, 0.4) is 0 Å². The van der Waals surface area contributed by atoms with Crippen molar-refractivity contribution in [2.24, 2.45) is 5.92 Å². The van der Waals surface area contributed by atoms with E-state index in [-0.39, 0.29) is 5.91 Å². The summed E-state index contributed by atoms with van der Waals surface area (Å²) in [4.78, 5) is 11.0. The normalized spacial score (nSPS) is 36.5. The molecule has 2 N–H and O–H groups in total. The Labute approximate surface area is 72.9 Å². The van der Waals surface area contributed by atoms with E-state index in [1.807, 2.05) is 0 Å². The Morgan fingerprint density at radius 1 is 1.33 bits per heavy atom. The van der Waals surface area contributed by atoms with E-state index >= 15 is 0 Å². The van der Waals surface area contributed by atoms with E-state index in [2.05, 4.69) is 10.6 Å². The predicted molar refractivity (Wildman–Crippen MR) is 46.8 cm³/mol. The second-order valence-electron chi connectivity index (χ2n) is 3.82. The zero-order valence-corrected chi connectivity index (χ0v) is 7.31. The molecule has 1 amide bonds. The number of hydrogen-bond acceptors (Lipinski definition) is 2. The summed E-state index contributed by atoms with van der Waals surface area (Å²) in [6.07, 6.45) is 4.32. The van der Waals surface area contributed by atoms with Gasteiger partial charge in [-0.15, -0.1) is 0 Å². The first-order chi connectivity index (χ1) is 5.86. The van der Waals surface area contributed by atoms with Crippen molar-refractivity contribution in [1.29, 1.82) is 0 Å². The molecule has 3 heteroatoms. The molecule has 0 aromatic heterocycles. The van der Waals surface area contributed by atoms with Crippen molar-refractivity contribution in [3.8, 4) is 0 Å². The van der Waals surface area contributed by atoms with Gasteiger partial charge in [-0.1, -0.05) is 0 Å². The minimum atomic E-state index is 0.241. The largest absolute Gasteiger partial charge is 0.353 e. The number of nitrogens with one attached hydrogen (secondary N) is 2. The van der Waals surface area contributed by atoms with Crippen LogP contribution in [0.25, 0.3) is 0 Å². The van der Waals surface area contributed by atoms with Crippen molar-refractivity contribution in [3.63, 3.8) is 0 Å². The third-order valence-electron chi connectivity index (χ3n) is 2.93. The van der Waals surface area contributed by atoms with Crippen molar-refractivity contribution >= 4 is 5.91 Å². The highest BCUT2D eigenvalue weighted by Gasteiger charge is 2.29. The van der Waals surface area contributed by atoms with Gasteiger partial charge in [0.25, 0.3) is 0 Å². The van der Waals surface area contributed by atoms with E-state index in [0.717, 1.165) is 25.9 Å². The summed E-state index contributed by atoms with van der Waals surface area (Å²) in [6.45, 7) is 2.24. The maximum atomic E-state index is 11.0. The third kappa shape index (κ3) is 1.61. The van der Waals surface area contributed by atoms with Gasteiger partial charge in [-0.05, 0) is 38.3 Å². The van der Waals surface area contributed by atoms with Gasteiger partial charge in [-0.3, -0.25) is 4.79 Å². The monoisotopic (exact) mass is 168 g/mol. The Bertz CT molecular complexity index is 175. The summed E-state index contributed by atoms with van der Waals surface area (Å²) >= 11 is 0. The van der Waals surface area contributed by atoms with Gasteiger partial charge in [0.2, 0.25) is 5.91 Å². The van der Waals surface area contributed by atoms with Gasteiger partial charge >= 0.3 is 0 Å². The molecule has 0 saturated carbocycles. The average Bonchev–Trinajstić information content (AvgIpc) is 2.54. The summed E-state index contributed by atoms with van der Waals surface area (Å²) in [7, 11) is 0. The highest BCUT2D eigenvalue weighted by molar-refractivity contribution is 5.78. The quantitative estimate of drug-likeness (QED) is 0.590. The van der Waals surface area contributed by atoms with Gasteiger partial charge in [-0.2, -0.15) is 0 Å². The number of carbonyl (C=O) groups is 1. The van der Waals surface area contributed by atoms with Crippen LogP contribution in [0.2, 0.25) is 0 Å². The molecule has 0 spiro atoms. The van der Waals surface area contributed by atoms with Gasteiger partial charge < -0.3 is 10.6 Å². The van der Waals surface area contributed by atoms with Crippen LogP contribution < -0.4 is 10.6 Å². The minimum Gasteiger partial charge on any atom is -0.353 e. The van der Waals surface area contributed by atoms with Crippen molar-refractivity contribution in [3.05, 3.63) is 0 Å². The van der Waals surface area contributed by atoms with E-state index in [1.165, 1.54) is 12.8 Å². The fourth-order valence-electron chi connectivity index (χ4n) is 2.21. The first-order valence-corrected chi connectivity index (χ1v) is 4.86. The topological polar surface area (TPSA) is 41.1 Å². The number of piperidine rings is 1. The Morgan fingerprint density at radius 3 is 2.83 bits per heavy atom. The zero-order chi connectivity index (χ0) is 8.39. The van der Waals surface area contributed by atoms with Crippen LogP contribution >= 0.6 is 0 Å². The molecule has 68 valence electrons. The standard InChI is InChI=1S/C9H16N2O/c12-9-4-3-8(11-9)7-2-1-5-10-6-7/h7-8,10H,1-6H2,(H,11,12)/t7-,8+/m0/s1. The van der Waals surface area contributed by atoms with Gasteiger partial charge in [0.1, 0.15) is 0 Å². The Morgan fingerprint density at radius 2 is 2.25 bits per heavy atom. The second-order valence-corrected chi connectivity index (χ2v) is 3.82. The first kappa shape index (κ1) is 8.05. The molecule has 2 aliphatic heterocycles. The Kier molecular flexibility index (Phi) is 2.30. The van der Waals surface area contributed by atoms with Crippen molar-refractivity contribution < 1.29 is 4.79 Å². The average molecular weight is 168 g/mol. The molecule has 2 aliphatic rings. The number of amides is 1. The second kappa shape index (κ2) is 3.44. The number of hydrogen-bond donors (Lipinski definition) is 2. The van der Waals surface area contributed by atoms with Crippen LogP contribution in [0.15, 0.2) is 0 Å². The number of carbonyl (C=O) groups excluding carboxylic acids is 1. The van der Waals surface area contributed by atoms with E-state index in [9.17, 15) is 4.79 Å². The lowest BCUT2D eigenvalue weighted by atomic mass is 9.91. The van der Waals surface area contributed by atoms with Crippen LogP contribution in [0.4, 0.5) is 0 Å². The van der Waals surface area contributed by atoms with E-state index in [1.54, 1.807) is 0 Å². The molecule has 2 saturated heterocycles. The van der Waals surface area contributed by atoms with Crippen molar-refractivity contribution in [2.45, 2.75) is 31.7 Å². The molecule has 12 heavy (non-hydrogen) atoms. The predicted octanol–water partition coefficient (Wildman–Crippen LogP) is 0.265. The molecule has 0 bridgehead atoms. The fourth-order valence-corrected chi connectivity index (χ4v) is 2.21. The van der Waals surface area contributed by atoms with Crippen molar-refractivity contribution in [2.75, 3.05) is 13.1 Å². The molecule has 0 radical (unpaired) electrons. The lowest BCUT2D eigenvalue weighted by Crippen LogP contribution is -2.41. The summed E-state index contributed by atoms with van der Waals surface area (Å²) in [5.74, 6) is 0.927. The van der Waals surface area contributed by atoms with Crippen LogP contribution in [0, 0.1) is 5.92 Å². The summed E-state index contributed by atoms with van der Waals surface area (Å²) in [5.41, 5.74) is 0. The molecule has 2 heterocycles. The molecule has 0 aromatic rings. The summed E-state index contributed by atoms with van der Waals surface area (Å²) in [5, 5.41) is 6.42. The molecule has 0 unspecified atom stereocenters. The van der Waals surface area contributed by atoms with Crippen LogP contribution in [0.1, 0.15) is 25.7 Å². The van der Waals surface area contributed by atoms with E-state index in [4.69, 9.17) is 0 Å². The van der Waals surface area contributed by atoms with Gasteiger partial charge in [0.05, 0.1) is 0 Å². The maximum absolute atomic E-state index is 11.0. The molecule has 0 aliphatic carbocycles. The lowest BCUT2D eigenvalue weighted by molar-refractivity contribution is -0.119. The SMILES string of the molecule is O=C1CC[C@H]([C@H]2CCCNC2)N1. The first-order valence-electron chi connectivity index (χ1n) is 4.86. The van der Waals surface area contributed by atoms with Crippen LogP contribution in [0.5, 0.6) is 0 Å². The Balaban J connectivity index is 1.86. The van der Waals surface area contributed by atoms with Crippen molar-refractivity contribution in [1.82, 2.24) is 10.6 Å². The summed E-state index contributed by atoms with van der Waals surface area (Å²) in [6, 6.07) is 0.463. The van der Waals surface area contributed by atoms with E-state index in [0.29, 0.717) is 12.0 Å². The maximum Gasteiger partial charge on any atom is 0.220 e. The molecule has 3 nitrogen and oxygen atoms in total. The smallest absolute Gasteiger partial charge is 0.220 e. The Hall–Kier alpha value is -0.570. The van der Waals surface area contributed by atoms with Crippen LogP contribution in [-0.4, -0.2) is 25.0 Å². The lowest BCUT2D eigenvalue weighted by Gasteiger charge is -2.27. The molecule has 2 atom stereocenters. The zero-order valence-electron chi connectivity index (χ0n) is 7.31. The molecule has 2 fully saturated rings. The molecular formula is C9H16N2O. The van der Waals surface area contributed by atoms with Crippen LogP contribution in [-0.2, 0) is 4.79 Å².